The summed E-state index contributed by atoms with van der Waals surface area (Å²) >= 11 is 0. The first-order valence-electron chi connectivity index (χ1n) is 8.74. The Morgan fingerprint density at radius 1 is 1.00 bits per heavy atom. The normalized spacial score (nSPS) is 15.4. The van der Waals surface area contributed by atoms with Gasteiger partial charge in [0.1, 0.15) is 0 Å². The lowest BCUT2D eigenvalue weighted by Gasteiger charge is -2.20. The third-order valence-corrected chi connectivity index (χ3v) is 4.53. The molecule has 1 aromatic carbocycles. The Labute approximate surface area is 139 Å². The molecule has 1 saturated carbocycles. The van der Waals surface area contributed by atoms with Crippen LogP contribution in [0.3, 0.4) is 0 Å². The molecule has 1 fully saturated rings. The highest BCUT2D eigenvalue weighted by Gasteiger charge is 2.20. The van der Waals surface area contributed by atoms with Crippen LogP contribution < -0.4 is 10.6 Å². The molecule has 0 atom stereocenters. The molecule has 1 aliphatic carbocycles. The first kappa shape index (κ1) is 17.5. The van der Waals surface area contributed by atoms with Crippen molar-refractivity contribution in [3.63, 3.8) is 0 Å². The lowest BCUT2D eigenvalue weighted by molar-refractivity contribution is -0.125. The minimum absolute atomic E-state index is 0.0905. The van der Waals surface area contributed by atoms with E-state index in [0.29, 0.717) is 24.6 Å². The fraction of sp³-hybridized carbons (Fsp3) is 0.579. The molecule has 2 N–H and O–H groups in total. The second-order valence-corrected chi connectivity index (χ2v) is 6.66. The molecular formula is C19H28N2O2. The molecule has 1 aromatic rings. The van der Waals surface area contributed by atoms with E-state index in [1.165, 1.54) is 12.0 Å². The Hall–Kier alpha value is -1.84. The van der Waals surface area contributed by atoms with E-state index in [4.69, 9.17) is 0 Å². The van der Waals surface area contributed by atoms with Gasteiger partial charge in [-0.2, -0.15) is 0 Å². The summed E-state index contributed by atoms with van der Waals surface area (Å²) in [5.74, 6) is 0.678. The summed E-state index contributed by atoms with van der Waals surface area (Å²) in [6.07, 6.45) is 5.55. The largest absolute Gasteiger partial charge is 0.354 e. The maximum atomic E-state index is 12.0. The van der Waals surface area contributed by atoms with E-state index in [1.54, 1.807) is 0 Å². The first-order chi connectivity index (χ1) is 11.1. The summed E-state index contributed by atoms with van der Waals surface area (Å²) in [4.78, 5) is 24.0. The van der Waals surface area contributed by atoms with Crippen LogP contribution >= 0.6 is 0 Å². The van der Waals surface area contributed by atoms with Gasteiger partial charge in [-0.25, -0.2) is 0 Å². The third kappa shape index (κ3) is 5.38. The van der Waals surface area contributed by atoms with Gasteiger partial charge in [0, 0.05) is 24.6 Å². The van der Waals surface area contributed by atoms with Gasteiger partial charge in [-0.1, -0.05) is 45.2 Å². The quantitative estimate of drug-likeness (QED) is 0.792. The van der Waals surface area contributed by atoms with Gasteiger partial charge in [-0.3, -0.25) is 9.59 Å². The van der Waals surface area contributed by atoms with Gasteiger partial charge in [0.2, 0.25) is 5.91 Å². The van der Waals surface area contributed by atoms with E-state index in [0.717, 1.165) is 25.7 Å². The monoisotopic (exact) mass is 316 g/mol. The molecule has 4 nitrogen and oxygen atoms in total. The SMILES string of the molecule is CC(C)c1ccc(C(=O)NCCNC(=O)C2CCCCC2)cc1. The molecule has 0 unspecified atom stereocenters. The number of nitrogens with one attached hydrogen (secondary N) is 2. The van der Waals surface area contributed by atoms with Crippen molar-refractivity contribution in [3.05, 3.63) is 35.4 Å². The number of amides is 2. The van der Waals surface area contributed by atoms with Crippen molar-refractivity contribution in [2.24, 2.45) is 5.92 Å². The lowest BCUT2D eigenvalue weighted by Crippen LogP contribution is -2.38. The molecule has 0 aromatic heterocycles. The van der Waals surface area contributed by atoms with Crippen molar-refractivity contribution in [2.45, 2.75) is 51.9 Å². The van der Waals surface area contributed by atoms with Gasteiger partial charge in [0.25, 0.3) is 5.91 Å². The molecule has 0 aliphatic heterocycles. The molecule has 0 bridgehead atoms. The van der Waals surface area contributed by atoms with Crippen LogP contribution in [0.1, 0.15) is 67.8 Å². The molecule has 4 heteroatoms. The Morgan fingerprint density at radius 2 is 1.61 bits per heavy atom. The number of benzene rings is 1. The van der Waals surface area contributed by atoms with Crippen molar-refractivity contribution in [2.75, 3.05) is 13.1 Å². The average Bonchev–Trinajstić information content (AvgIpc) is 2.59. The van der Waals surface area contributed by atoms with Crippen molar-refractivity contribution in [3.8, 4) is 0 Å². The van der Waals surface area contributed by atoms with Crippen LogP contribution in [0.5, 0.6) is 0 Å². The minimum atomic E-state index is -0.0905. The van der Waals surface area contributed by atoms with Gasteiger partial charge in [0.15, 0.2) is 0 Å². The highest BCUT2D eigenvalue weighted by molar-refractivity contribution is 5.94. The lowest BCUT2D eigenvalue weighted by atomic mass is 9.89. The molecule has 2 rings (SSSR count). The zero-order chi connectivity index (χ0) is 16.7. The predicted molar refractivity (Wildman–Crippen MR) is 92.4 cm³/mol. The van der Waals surface area contributed by atoms with Crippen LogP contribution in [0.2, 0.25) is 0 Å². The highest BCUT2D eigenvalue weighted by atomic mass is 16.2. The topological polar surface area (TPSA) is 58.2 Å². The Bertz CT molecular complexity index is 517. The molecule has 0 spiro atoms. The van der Waals surface area contributed by atoms with Gasteiger partial charge in [-0.15, -0.1) is 0 Å². The van der Waals surface area contributed by atoms with E-state index in [9.17, 15) is 9.59 Å². The first-order valence-corrected chi connectivity index (χ1v) is 8.74. The maximum absolute atomic E-state index is 12.0. The Balaban J connectivity index is 1.69. The molecule has 0 heterocycles. The van der Waals surface area contributed by atoms with Crippen LogP contribution in [-0.4, -0.2) is 24.9 Å². The van der Waals surface area contributed by atoms with Crippen LogP contribution in [-0.2, 0) is 4.79 Å². The summed E-state index contributed by atoms with van der Waals surface area (Å²) in [5, 5.41) is 5.78. The smallest absolute Gasteiger partial charge is 0.251 e. The second kappa shape index (κ2) is 8.70. The zero-order valence-electron chi connectivity index (χ0n) is 14.2. The zero-order valence-corrected chi connectivity index (χ0v) is 14.2. The van der Waals surface area contributed by atoms with Gasteiger partial charge < -0.3 is 10.6 Å². The summed E-state index contributed by atoms with van der Waals surface area (Å²) in [5.41, 5.74) is 1.88. The van der Waals surface area contributed by atoms with E-state index in [2.05, 4.69) is 24.5 Å². The van der Waals surface area contributed by atoms with Crippen molar-refractivity contribution >= 4 is 11.8 Å². The summed E-state index contributed by atoms with van der Waals surface area (Å²) in [6.45, 7) is 5.21. The summed E-state index contributed by atoms with van der Waals surface area (Å²) in [7, 11) is 0. The minimum Gasteiger partial charge on any atom is -0.354 e. The molecular weight excluding hydrogens is 288 g/mol. The average molecular weight is 316 g/mol. The van der Waals surface area contributed by atoms with Crippen LogP contribution in [0.15, 0.2) is 24.3 Å². The highest BCUT2D eigenvalue weighted by Crippen LogP contribution is 2.23. The summed E-state index contributed by atoms with van der Waals surface area (Å²) < 4.78 is 0. The van der Waals surface area contributed by atoms with Gasteiger partial charge >= 0.3 is 0 Å². The Morgan fingerprint density at radius 3 is 2.22 bits per heavy atom. The summed E-state index contributed by atoms with van der Waals surface area (Å²) in [6, 6.07) is 7.69. The van der Waals surface area contributed by atoms with Crippen LogP contribution in [0.25, 0.3) is 0 Å². The predicted octanol–water partition coefficient (Wildman–Crippen LogP) is 3.24. The molecule has 0 saturated heterocycles. The fourth-order valence-corrected chi connectivity index (χ4v) is 2.99. The van der Waals surface area contributed by atoms with Gasteiger partial charge in [0.05, 0.1) is 0 Å². The number of carbonyl (C=O) groups excluding carboxylic acids is 2. The van der Waals surface area contributed by atoms with E-state index in [-0.39, 0.29) is 17.7 Å². The van der Waals surface area contributed by atoms with Crippen molar-refractivity contribution < 1.29 is 9.59 Å². The van der Waals surface area contributed by atoms with E-state index >= 15 is 0 Å². The third-order valence-electron chi connectivity index (χ3n) is 4.53. The number of hydrogen-bond donors (Lipinski definition) is 2. The van der Waals surface area contributed by atoms with Crippen molar-refractivity contribution in [1.29, 1.82) is 0 Å². The van der Waals surface area contributed by atoms with Gasteiger partial charge in [-0.05, 0) is 36.5 Å². The standard InChI is InChI=1S/C19H28N2O2/c1-14(2)15-8-10-17(11-9-15)19(23)21-13-12-20-18(22)16-6-4-3-5-7-16/h8-11,14,16H,3-7,12-13H2,1-2H3,(H,20,22)(H,21,23). The number of hydrogen-bond acceptors (Lipinski definition) is 2. The molecule has 1 aliphatic rings. The molecule has 23 heavy (non-hydrogen) atoms. The van der Waals surface area contributed by atoms with Crippen LogP contribution in [0, 0.1) is 5.92 Å². The molecule has 0 radical (unpaired) electrons. The van der Waals surface area contributed by atoms with Crippen LogP contribution in [0.4, 0.5) is 0 Å². The Kier molecular flexibility index (Phi) is 6.63. The van der Waals surface area contributed by atoms with E-state index in [1.807, 2.05) is 24.3 Å². The molecule has 2 amide bonds. The number of carbonyl (C=O) groups is 2. The number of rotatable bonds is 6. The second-order valence-electron chi connectivity index (χ2n) is 6.66. The fourth-order valence-electron chi connectivity index (χ4n) is 2.99. The molecule has 126 valence electrons. The maximum Gasteiger partial charge on any atom is 0.251 e. The van der Waals surface area contributed by atoms with E-state index < -0.39 is 0 Å². The van der Waals surface area contributed by atoms with Crippen molar-refractivity contribution in [1.82, 2.24) is 10.6 Å².